The summed E-state index contributed by atoms with van der Waals surface area (Å²) in [5, 5.41) is 0. The molecule has 3 unspecified atom stereocenters. The van der Waals surface area contributed by atoms with Crippen molar-refractivity contribution in [2.24, 2.45) is 5.92 Å². The van der Waals surface area contributed by atoms with Gasteiger partial charge in [-0.1, -0.05) is 36.5 Å². The Labute approximate surface area is 175 Å². The molecule has 1 fully saturated rings. The number of nitrogens with two attached hydrogens (primary N) is 1. The number of carbonyl (C=O) groups is 1. The van der Waals surface area contributed by atoms with E-state index >= 15 is 0 Å². The summed E-state index contributed by atoms with van der Waals surface area (Å²) in [6.45, 7) is 3.77. The molecule has 3 heterocycles. The SMILES string of the molecule is CC[C@@H]1CC(C(C)OC(=O)c2ccccc2)C(n2c(=O)sc3c(=O)[nH]c(N)nc32)O1. The summed E-state index contributed by atoms with van der Waals surface area (Å²) in [6.07, 6.45) is -0.0189. The number of ether oxygens (including phenoxy) is 2. The number of H-pyrrole nitrogens is 1. The Morgan fingerprint density at radius 3 is 2.83 bits per heavy atom. The van der Waals surface area contributed by atoms with Crippen LogP contribution in [0.5, 0.6) is 0 Å². The topological polar surface area (TPSA) is 129 Å². The van der Waals surface area contributed by atoms with Gasteiger partial charge < -0.3 is 15.2 Å². The molecule has 0 saturated carbocycles. The smallest absolute Gasteiger partial charge is 0.338 e. The minimum absolute atomic E-state index is 0.0795. The molecule has 0 radical (unpaired) electrons. The van der Waals surface area contributed by atoms with Gasteiger partial charge in [0.05, 0.1) is 11.7 Å². The zero-order chi connectivity index (χ0) is 21.4. The first-order chi connectivity index (χ1) is 14.4. The number of rotatable bonds is 5. The van der Waals surface area contributed by atoms with Crippen molar-refractivity contribution in [3.05, 3.63) is 55.9 Å². The lowest BCUT2D eigenvalue weighted by molar-refractivity contribution is -0.0409. The third-order valence-corrected chi connectivity index (χ3v) is 6.28. The van der Waals surface area contributed by atoms with Crippen molar-refractivity contribution >= 4 is 33.6 Å². The summed E-state index contributed by atoms with van der Waals surface area (Å²) >= 11 is 0.792. The summed E-state index contributed by atoms with van der Waals surface area (Å²) < 4.78 is 13.4. The van der Waals surface area contributed by atoms with Gasteiger partial charge in [-0.2, -0.15) is 4.98 Å². The average molecular weight is 430 g/mol. The van der Waals surface area contributed by atoms with Crippen LogP contribution in [-0.4, -0.2) is 32.7 Å². The zero-order valence-electron chi connectivity index (χ0n) is 16.5. The van der Waals surface area contributed by atoms with Crippen molar-refractivity contribution in [3.63, 3.8) is 0 Å². The maximum atomic E-state index is 12.8. The Bertz CT molecular complexity index is 1190. The molecule has 3 N–H and O–H groups in total. The molecule has 0 bridgehead atoms. The predicted molar refractivity (Wildman–Crippen MR) is 113 cm³/mol. The lowest BCUT2D eigenvalue weighted by Gasteiger charge is -2.25. The summed E-state index contributed by atoms with van der Waals surface area (Å²) in [5.41, 5.74) is 5.85. The van der Waals surface area contributed by atoms with Crippen LogP contribution in [0.4, 0.5) is 5.95 Å². The molecule has 1 aliphatic heterocycles. The van der Waals surface area contributed by atoms with Crippen molar-refractivity contribution in [2.75, 3.05) is 5.73 Å². The van der Waals surface area contributed by atoms with Crippen LogP contribution >= 0.6 is 11.3 Å². The van der Waals surface area contributed by atoms with E-state index in [-0.39, 0.29) is 33.2 Å². The molecule has 1 aromatic carbocycles. The summed E-state index contributed by atoms with van der Waals surface area (Å²) in [5.74, 6) is -0.812. The molecule has 1 aliphatic rings. The minimum Gasteiger partial charge on any atom is -0.459 e. The molecule has 158 valence electrons. The van der Waals surface area contributed by atoms with Crippen LogP contribution in [0.2, 0.25) is 0 Å². The molecule has 30 heavy (non-hydrogen) atoms. The van der Waals surface area contributed by atoms with Gasteiger partial charge in [0.15, 0.2) is 5.65 Å². The van der Waals surface area contributed by atoms with E-state index in [0.717, 1.165) is 17.8 Å². The molecular weight excluding hydrogens is 408 g/mol. The van der Waals surface area contributed by atoms with Crippen LogP contribution in [0.15, 0.2) is 39.9 Å². The number of benzene rings is 1. The second-order valence-corrected chi connectivity index (χ2v) is 8.24. The molecule has 0 aliphatic carbocycles. The first-order valence-corrected chi connectivity index (χ1v) is 10.5. The van der Waals surface area contributed by atoms with Gasteiger partial charge in [0.2, 0.25) is 5.95 Å². The van der Waals surface area contributed by atoms with E-state index in [0.29, 0.717) is 12.0 Å². The summed E-state index contributed by atoms with van der Waals surface area (Å²) in [4.78, 5) is 43.7. The van der Waals surface area contributed by atoms with Gasteiger partial charge in [0, 0.05) is 5.92 Å². The van der Waals surface area contributed by atoms with E-state index in [1.54, 1.807) is 31.2 Å². The molecule has 0 amide bonds. The van der Waals surface area contributed by atoms with E-state index in [4.69, 9.17) is 15.2 Å². The second kappa shape index (κ2) is 8.04. The van der Waals surface area contributed by atoms with Crippen molar-refractivity contribution in [3.8, 4) is 0 Å². The number of aromatic amines is 1. The number of anilines is 1. The fourth-order valence-electron chi connectivity index (χ4n) is 3.78. The highest BCUT2D eigenvalue weighted by Crippen LogP contribution is 2.39. The number of hydrogen-bond donors (Lipinski definition) is 2. The number of nitrogens with zero attached hydrogens (tertiary/aromatic N) is 2. The van der Waals surface area contributed by atoms with E-state index in [1.807, 2.05) is 13.0 Å². The van der Waals surface area contributed by atoms with Gasteiger partial charge in [-0.15, -0.1) is 0 Å². The first kappa shape index (κ1) is 20.3. The van der Waals surface area contributed by atoms with E-state index in [2.05, 4.69) is 9.97 Å². The Hall–Kier alpha value is -2.98. The Morgan fingerprint density at radius 2 is 2.13 bits per heavy atom. The van der Waals surface area contributed by atoms with Crippen LogP contribution in [0.25, 0.3) is 10.3 Å². The minimum atomic E-state index is -0.719. The molecule has 4 rings (SSSR count). The van der Waals surface area contributed by atoms with Crippen molar-refractivity contribution in [1.82, 2.24) is 14.5 Å². The molecule has 10 heteroatoms. The summed E-state index contributed by atoms with van der Waals surface area (Å²) in [7, 11) is 0. The van der Waals surface area contributed by atoms with Gasteiger partial charge in [-0.25, -0.2) is 4.79 Å². The largest absolute Gasteiger partial charge is 0.459 e. The lowest BCUT2D eigenvalue weighted by Crippen LogP contribution is -2.32. The number of nitrogen functional groups attached to an aromatic ring is 1. The number of carbonyl (C=O) groups excluding carboxylic acids is 1. The number of thiazole rings is 1. The number of nitrogens with one attached hydrogen (secondary N) is 1. The predicted octanol–water partition coefficient (Wildman–Crippen LogP) is 2.29. The van der Waals surface area contributed by atoms with Crippen LogP contribution in [0, 0.1) is 5.92 Å². The second-order valence-electron chi connectivity index (χ2n) is 7.27. The first-order valence-electron chi connectivity index (χ1n) is 9.71. The molecule has 4 atom stereocenters. The molecule has 9 nitrogen and oxygen atoms in total. The zero-order valence-corrected chi connectivity index (χ0v) is 17.3. The summed E-state index contributed by atoms with van der Waals surface area (Å²) in [6, 6.07) is 8.72. The highest BCUT2D eigenvalue weighted by Gasteiger charge is 2.42. The van der Waals surface area contributed by atoms with Gasteiger partial charge >= 0.3 is 10.8 Å². The Morgan fingerprint density at radius 1 is 1.40 bits per heavy atom. The monoisotopic (exact) mass is 430 g/mol. The Balaban J connectivity index is 1.69. The van der Waals surface area contributed by atoms with Gasteiger partial charge in [-0.05, 0) is 31.9 Å². The van der Waals surface area contributed by atoms with Crippen LogP contribution in [0.1, 0.15) is 43.3 Å². The fraction of sp³-hybridized carbons (Fsp3) is 0.400. The maximum Gasteiger partial charge on any atom is 0.338 e. The van der Waals surface area contributed by atoms with Crippen molar-refractivity contribution in [2.45, 2.75) is 45.1 Å². The number of hydrogen-bond acceptors (Lipinski definition) is 8. The van der Waals surface area contributed by atoms with Gasteiger partial charge in [-0.3, -0.25) is 19.1 Å². The quantitative estimate of drug-likeness (QED) is 0.594. The molecule has 1 saturated heterocycles. The Kier molecular flexibility index (Phi) is 5.44. The standard InChI is InChI=1S/C20H22N4O5S/c1-3-12-9-13(10(2)28-18(26)11-7-5-4-6-8-11)17(29-12)24-15-14(30-20(24)27)16(25)23-19(21)22-15/h4-8,10,12-13,17H,3,9H2,1-2H3,(H3,21,22,23,25)/t10?,12-,13?,17?/m1/s1. The van der Waals surface area contributed by atoms with E-state index < -0.39 is 23.9 Å². The number of fused-ring (bicyclic) bond motifs is 1. The fourth-order valence-corrected chi connectivity index (χ4v) is 4.62. The third-order valence-electron chi connectivity index (χ3n) is 5.34. The van der Waals surface area contributed by atoms with Gasteiger partial charge in [0.1, 0.15) is 17.0 Å². The van der Waals surface area contributed by atoms with Gasteiger partial charge in [0.25, 0.3) is 5.56 Å². The maximum absolute atomic E-state index is 12.8. The highest BCUT2D eigenvalue weighted by molar-refractivity contribution is 7.16. The van der Waals surface area contributed by atoms with Crippen molar-refractivity contribution < 1.29 is 14.3 Å². The van der Waals surface area contributed by atoms with Crippen LogP contribution in [0.3, 0.4) is 0 Å². The number of esters is 1. The number of aromatic nitrogens is 3. The van der Waals surface area contributed by atoms with Crippen LogP contribution < -0.4 is 16.2 Å². The molecule has 3 aromatic rings. The normalized spacial score (nSPS) is 22.3. The van der Waals surface area contributed by atoms with E-state index in [1.165, 1.54) is 4.57 Å². The third kappa shape index (κ3) is 3.63. The molecular formula is C20H22N4O5S. The average Bonchev–Trinajstić information content (AvgIpc) is 3.29. The van der Waals surface area contributed by atoms with E-state index in [9.17, 15) is 14.4 Å². The highest BCUT2D eigenvalue weighted by atomic mass is 32.1. The molecule has 2 aromatic heterocycles. The lowest BCUT2D eigenvalue weighted by atomic mass is 9.96. The van der Waals surface area contributed by atoms with Crippen molar-refractivity contribution in [1.29, 1.82) is 0 Å². The van der Waals surface area contributed by atoms with Crippen LogP contribution in [-0.2, 0) is 9.47 Å². The molecule has 0 spiro atoms.